The summed E-state index contributed by atoms with van der Waals surface area (Å²) in [6, 6.07) is 31.3. The molecule has 0 aliphatic rings. The van der Waals surface area contributed by atoms with Gasteiger partial charge in [-0.2, -0.15) is 0 Å². The van der Waals surface area contributed by atoms with Crippen molar-refractivity contribution in [2.24, 2.45) is 0 Å². The van der Waals surface area contributed by atoms with Crippen LogP contribution in [0.15, 0.2) is 97.1 Å². The van der Waals surface area contributed by atoms with Crippen LogP contribution in [0.2, 0.25) is 0 Å². The Morgan fingerprint density at radius 2 is 1.36 bits per heavy atom. The highest BCUT2D eigenvalue weighted by molar-refractivity contribution is 6.07. The average Bonchev–Trinajstić information content (AvgIpc) is 3.22. The van der Waals surface area contributed by atoms with Gasteiger partial charge in [0.15, 0.2) is 0 Å². The minimum absolute atomic E-state index is 0.0195. The van der Waals surface area contributed by atoms with Gasteiger partial charge >= 0.3 is 0 Å². The third-order valence-electron chi connectivity index (χ3n) is 4.59. The Bertz CT molecular complexity index is 1030. The lowest BCUT2D eigenvalue weighted by atomic mass is 10.1. The predicted octanol–water partition coefficient (Wildman–Crippen LogP) is 5.42. The van der Waals surface area contributed by atoms with Gasteiger partial charge < -0.3 is 9.72 Å². The zero-order valence-corrected chi connectivity index (χ0v) is 15.5. The molecule has 1 N–H and O–H groups in total. The molecule has 0 atom stereocenters. The number of hydrogen-bond acceptors (Lipinski definition) is 2. The Hall–Kier alpha value is -3.59. The molecule has 4 rings (SSSR count). The first-order valence-electron chi connectivity index (χ1n) is 9.31. The molecule has 0 amide bonds. The third kappa shape index (κ3) is 4.38. The molecular formula is C25H21NO2. The average molecular weight is 367 g/mol. The molecule has 0 spiro atoms. The van der Waals surface area contributed by atoms with Gasteiger partial charge in [0.05, 0.1) is 5.69 Å². The molecule has 0 saturated heterocycles. The zero-order chi connectivity index (χ0) is 19.2. The Morgan fingerprint density at radius 3 is 2.04 bits per heavy atom. The highest BCUT2D eigenvalue weighted by atomic mass is 16.5. The molecule has 3 nitrogen and oxygen atoms in total. The number of H-pyrrole nitrogens is 1. The first-order valence-corrected chi connectivity index (χ1v) is 9.31. The van der Waals surface area contributed by atoms with Crippen LogP contribution in [-0.2, 0) is 13.0 Å². The van der Waals surface area contributed by atoms with Gasteiger partial charge in [0, 0.05) is 17.7 Å². The predicted molar refractivity (Wildman–Crippen MR) is 111 cm³/mol. The fraction of sp³-hybridized carbons (Fsp3) is 0.0800. The second-order valence-corrected chi connectivity index (χ2v) is 6.69. The van der Waals surface area contributed by atoms with Crippen molar-refractivity contribution in [3.05, 3.63) is 125 Å². The van der Waals surface area contributed by atoms with Gasteiger partial charge in [-0.15, -0.1) is 0 Å². The second kappa shape index (κ2) is 8.40. The van der Waals surface area contributed by atoms with Crippen LogP contribution in [0.5, 0.6) is 5.75 Å². The highest BCUT2D eigenvalue weighted by Crippen LogP contribution is 2.17. The minimum atomic E-state index is -0.0195. The summed E-state index contributed by atoms with van der Waals surface area (Å²) in [4.78, 5) is 16.0. The van der Waals surface area contributed by atoms with E-state index >= 15 is 0 Å². The third-order valence-corrected chi connectivity index (χ3v) is 4.59. The van der Waals surface area contributed by atoms with E-state index in [0.29, 0.717) is 17.9 Å². The topological polar surface area (TPSA) is 42.1 Å². The molecule has 0 fully saturated rings. The summed E-state index contributed by atoms with van der Waals surface area (Å²) in [6.07, 6.45) is 0.778. The zero-order valence-electron chi connectivity index (χ0n) is 15.5. The van der Waals surface area contributed by atoms with E-state index < -0.39 is 0 Å². The molecule has 138 valence electrons. The number of aromatic amines is 1. The first-order chi connectivity index (χ1) is 13.8. The molecule has 1 heterocycles. The van der Waals surface area contributed by atoms with Gasteiger partial charge in [-0.25, -0.2) is 0 Å². The standard InChI is InChI=1S/C25H21NO2/c27-25(24-16-13-22(26-24)17-19-7-3-1-4-8-19)21-11-14-23(15-12-21)28-18-20-9-5-2-6-10-20/h1-16,26H,17-18H2. The number of carbonyl (C=O) groups excluding carboxylic acids is 1. The lowest BCUT2D eigenvalue weighted by Gasteiger charge is -2.07. The number of aromatic nitrogens is 1. The summed E-state index contributed by atoms with van der Waals surface area (Å²) in [5.74, 6) is 0.727. The SMILES string of the molecule is O=C(c1ccc(OCc2ccccc2)cc1)c1ccc(Cc2ccccc2)[nH]1. The minimum Gasteiger partial charge on any atom is -0.489 e. The van der Waals surface area contributed by atoms with Crippen molar-refractivity contribution < 1.29 is 9.53 Å². The van der Waals surface area contributed by atoms with Gasteiger partial charge in [0.25, 0.3) is 0 Å². The molecule has 4 aromatic rings. The smallest absolute Gasteiger partial charge is 0.209 e. The van der Waals surface area contributed by atoms with Crippen molar-refractivity contribution in [3.8, 4) is 5.75 Å². The van der Waals surface area contributed by atoms with Crippen molar-refractivity contribution >= 4 is 5.78 Å². The molecule has 0 radical (unpaired) electrons. The second-order valence-electron chi connectivity index (χ2n) is 6.69. The maximum Gasteiger partial charge on any atom is 0.209 e. The van der Waals surface area contributed by atoms with Gasteiger partial charge in [-0.1, -0.05) is 60.7 Å². The lowest BCUT2D eigenvalue weighted by molar-refractivity contribution is 0.103. The Balaban J connectivity index is 1.39. The van der Waals surface area contributed by atoms with E-state index in [9.17, 15) is 4.79 Å². The van der Waals surface area contributed by atoms with E-state index in [-0.39, 0.29) is 5.78 Å². The molecule has 1 aromatic heterocycles. The number of ketones is 1. The van der Waals surface area contributed by atoms with Gasteiger partial charge in [0.2, 0.25) is 5.78 Å². The van der Waals surface area contributed by atoms with E-state index in [2.05, 4.69) is 17.1 Å². The molecule has 0 aliphatic carbocycles. The van der Waals surface area contributed by atoms with E-state index in [4.69, 9.17) is 4.74 Å². The summed E-state index contributed by atoms with van der Waals surface area (Å²) in [7, 11) is 0. The van der Waals surface area contributed by atoms with Crippen molar-refractivity contribution in [1.29, 1.82) is 0 Å². The fourth-order valence-corrected chi connectivity index (χ4v) is 3.09. The van der Waals surface area contributed by atoms with Crippen LogP contribution in [0, 0.1) is 0 Å². The number of nitrogens with one attached hydrogen (secondary N) is 1. The fourth-order valence-electron chi connectivity index (χ4n) is 3.09. The van der Waals surface area contributed by atoms with E-state index in [0.717, 1.165) is 23.4 Å². The molecule has 0 aliphatic heterocycles. The summed E-state index contributed by atoms with van der Waals surface area (Å²) >= 11 is 0. The van der Waals surface area contributed by atoms with Crippen LogP contribution < -0.4 is 4.74 Å². The number of ether oxygens (including phenoxy) is 1. The highest BCUT2D eigenvalue weighted by Gasteiger charge is 2.12. The lowest BCUT2D eigenvalue weighted by Crippen LogP contribution is -2.02. The monoisotopic (exact) mass is 367 g/mol. The van der Waals surface area contributed by atoms with Crippen molar-refractivity contribution in [2.45, 2.75) is 13.0 Å². The number of hydrogen-bond donors (Lipinski definition) is 1. The molecular weight excluding hydrogens is 346 g/mol. The molecule has 3 heteroatoms. The van der Waals surface area contributed by atoms with E-state index in [1.807, 2.05) is 72.8 Å². The van der Waals surface area contributed by atoms with Crippen molar-refractivity contribution in [2.75, 3.05) is 0 Å². The molecule has 0 saturated carbocycles. The van der Waals surface area contributed by atoms with Crippen LogP contribution >= 0.6 is 0 Å². The number of rotatable bonds is 7. The Morgan fingerprint density at radius 1 is 0.714 bits per heavy atom. The number of carbonyl (C=O) groups is 1. The normalized spacial score (nSPS) is 10.6. The number of benzene rings is 3. The van der Waals surface area contributed by atoms with Crippen LogP contribution in [0.4, 0.5) is 0 Å². The molecule has 3 aromatic carbocycles. The van der Waals surface area contributed by atoms with E-state index in [1.165, 1.54) is 5.56 Å². The van der Waals surface area contributed by atoms with Gasteiger partial charge in [-0.05, 0) is 47.5 Å². The van der Waals surface area contributed by atoms with Crippen LogP contribution in [0.25, 0.3) is 0 Å². The summed E-state index contributed by atoms with van der Waals surface area (Å²) in [5, 5.41) is 0. The maximum atomic E-state index is 12.7. The van der Waals surface area contributed by atoms with Crippen molar-refractivity contribution in [3.63, 3.8) is 0 Å². The van der Waals surface area contributed by atoms with Gasteiger partial charge in [0.1, 0.15) is 12.4 Å². The van der Waals surface area contributed by atoms with Crippen molar-refractivity contribution in [1.82, 2.24) is 4.98 Å². The Labute approximate surface area is 164 Å². The van der Waals surface area contributed by atoms with Crippen LogP contribution in [0.3, 0.4) is 0 Å². The van der Waals surface area contributed by atoms with Crippen LogP contribution in [0.1, 0.15) is 32.9 Å². The molecule has 28 heavy (non-hydrogen) atoms. The van der Waals surface area contributed by atoms with E-state index in [1.54, 1.807) is 12.1 Å². The summed E-state index contributed by atoms with van der Waals surface area (Å²) in [5.41, 5.74) is 4.59. The Kier molecular flexibility index (Phi) is 5.34. The molecule has 0 unspecified atom stereocenters. The first kappa shape index (κ1) is 17.8. The summed E-state index contributed by atoms with van der Waals surface area (Å²) < 4.78 is 5.78. The van der Waals surface area contributed by atoms with Crippen LogP contribution in [-0.4, -0.2) is 10.8 Å². The summed E-state index contributed by atoms with van der Waals surface area (Å²) in [6.45, 7) is 0.508. The molecule has 0 bridgehead atoms. The quantitative estimate of drug-likeness (QED) is 0.443. The maximum absolute atomic E-state index is 12.7. The largest absolute Gasteiger partial charge is 0.489 e. The van der Waals surface area contributed by atoms with Gasteiger partial charge in [-0.3, -0.25) is 4.79 Å².